The summed E-state index contributed by atoms with van der Waals surface area (Å²) in [4.78, 5) is 14.7. The summed E-state index contributed by atoms with van der Waals surface area (Å²) in [6.45, 7) is 12.2. The van der Waals surface area contributed by atoms with Crippen LogP contribution >= 0.6 is 0 Å². The van der Waals surface area contributed by atoms with Crippen molar-refractivity contribution in [2.45, 2.75) is 32.4 Å². The van der Waals surface area contributed by atoms with Gasteiger partial charge in [0.25, 0.3) is 0 Å². The summed E-state index contributed by atoms with van der Waals surface area (Å²) >= 11 is 0. The third kappa shape index (κ3) is 5.33. The summed E-state index contributed by atoms with van der Waals surface area (Å²) in [5.41, 5.74) is 0.0417. The van der Waals surface area contributed by atoms with Gasteiger partial charge < -0.3 is 15.0 Å². The Bertz CT molecular complexity index is 241. The van der Waals surface area contributed by atoms with E-state index in [2.05, 4.69) is 10.2 Å². The maximum atomic E-state index is 10.4. The molecule has 1 N–H and O–H groups in total. The fourth-order valence-electron chi connectivity index (χ4n) is 1.74. The average molecular weight is 257 g/mol. The zero-order chi connectivity index (χ0) is 13.6. The molecular formula is C13H27N3O2. The van der Waals surface area contributed by atoms with Crippen molar-refractivity contribution in [1.29, 1.82) is 0 Å². The minimum Gasteiger partial charge on any atom is -0.379 e. The Balaban J connectivity index is 0.000000232. The lowest BCUT2D eigenvalue weighted by Gasteiger charge is -2.42. The molecule has 2 aliphatic rings. The maximum Gasteiger partial charge on any atom is 0.209 e. The van der Waals surface area contributed by atoms with Gasteiger partial charge in [-0.05, 0) is 20.8 Å². The van der Waals surface area contributed by atoms with Gasteiger partial charge in [-0.3, -0.25) is 9.69 Å². The van der Waals surface area contributed by atoms with Crippen molar-refractivity contribution < 1.29 is 9.53 Å². The molecule has 5 heteroatoms. The van der Waals surface area contributed by atoms with E-state index in [1.54, 1.807) is 7.11 Å². The lowest BCUT2D eigenvalue weighted by atomic mass is 10.1. The number of carbonyl (C=O) groups excluding carboxylic acids is 1. The zero-order valence-electron chi connectivity index (χ0n) is 12.1. The Kier molecular flexibility index (Phi) is 6.05. The van der Waals surface area contributed by atoms with Gasteiger partial charge in [-0.25, -0.2) is 0 Å². The van der Waals surface area contributed by atoms with E-state index in [1.807, 2.05) is 25.7 Å². The number of piperazine rings is 1. The summed E-state index contributed by atoms with van der Waals surface area (Å²) in [5, 5.41) is 3.26. The minimum atomic E-state index is 0.0417. The molecule has 2 rings (SSSR count). The highest BCUT2D eigenvalue weighted by molar-refractivity contribution is 5.47. The van der Waals surface area contributed by atoms with E-state index < -0.39 is 0 Å². The van der Waals surface area contributed by atoms with Crippen LogP contribution in [0.4, 0.5) is 0 Å². The molecule has 1 amide bonds. The minimum absolute atomic E-state index is 0.0417. The first-order chi connectivity index (χ1) is 8.46. The molecule has 2 saturated heterocycles. The van der Waals surface area contributed by atoms with Crippen LogP contribution in [0.5, 0.6) is 0 Å². The fraction of sp³-hybridized carbons (Fsp3) is 0.923. The van der Waals surface area contributed by atoms with E-state index in [0.717, 1.165) is 51.7 Å². The van der Waals surface area contributed by atoms with Gasteiger partial charge in [0.2, 0.25) is 6.41 Å². The zero-order valence-corrected chi connectivity index (χ0v) is 12.1. The summed E-state index contributed by atoms with van der Waals surface area (Å²) < 4.78 is 4.94. The van der Waals surface area contributed by atoms with Crippen LogP contribution in [0.3, 0.4) is 0 Å². The van der Waals surface area contributed by atoms with Crippen molar-refractivity contribution in [3.8, 4) is 0 Å². The van der Waals surface area contributed by atoms with Crippen molar-refractivity contribution in [1.82, 2.24) is 15.1 Å². The molecule has 0 atom stereocenters. The van der Waals surface area contributed by atoms with Gasteiger partial charge in [0.1, 0.15) is 0 Å². The van der Waals surface area contributed by atoms with Gasteiger partial charge in [0.15, 0.2) is 0 Å². The third-order valence-electron chi connectivity index (χ3n) is 3.39. The molecule has 2 fully saturated rings. The first kappa shape index (κ1) is 15.4. The van der Waals surface area contributed by atoms with Crippen molar-refractivity contribution >= 4 is 6.41 Å². The number of carbonyl (C=O) groups is 1. The molecule has 5 nitrogen and oxygen atoms in total. The van der Waals surface area contributed by atoms with Crippen LogP contribution in [0.2, 0.25) is 0 Å². The Morgan fingerprint density at radius 3 is 1.94 bits per heavy atom. The highest BCUT2D eigenvalue weighted by Crippen LogP contribution is 2.08. The van der Waals surface area contributed by atoms with Crippen LogP contribution < -0.4 is 5.32 Å². The number of nitrogens with one attached hydrogen (secondary N) is 1. The van der Waals surface area contributed by atoms with E-state index in [9.17, 15) is 4.79 Å². The third-order valence-corrected chi connectivity index (χ3v) is 3.39. The molecular weight excluding hydrogens is 230 g/mol. The molecule has 106 valence electrons. The smallest absolute Gasteiger partial charge is 0.209 e. The van der Waals surface area contributed by atoms with Crippen LogP contribution in [0, 0.1) is 0 Å². The number of hydrogen-bond donors (Lipinski definition) is 1. The summed E-state index contributed by atoms with van der Waals surface area (Å²) in [6.07, 6.45) is 0.955. The first-order valence-corrected chi connectivity index (χ1v) is 6.65. The molecule has 2 heterocycles. The van der Waals surface area contributed by atoms with Gasteiger partial charge in [-0.1, -0.05) is 0 Å². The summed E-state index contributed by atoms with van der Waals surface area (Å²) in [6, 6.07) is 0.735. The SMILES string of the molecule is COC(C)(C)C.O=CN1CCN(C2CNC2)CC1. The normalized spacial score (nSPS) is 21.9. The lowest BCUT2D eigenvalue weighted by molar-refractivity contribution is -0.120. The Morgan fingerprint density at radius 2 is 1.67 bits per heavy atom. The number of methoxy groups -OCH3 is 1. The summed E-state index contributed by atoms with van der Waals surface area (Å²) in [5.74, 6) is 0. The molecule has 0 aromatic carbocycles. The first-order valence-electron chi connectivity index (χ1n) is 6.65. The van der Waals surface area contributed by atoms with E-state index in [-0.39, 0.29) is 5.60 Å². The highest BCUT2D eigenvalue weighted by atomic mass is 16.5. The lowest BCUT2D eigenvalue weighted by Crippen LogP contribution is -2.61. The average Bonchev–Trinajstić information content (AvgIpc) is 2.28. The van der Waals surface area contributed by atoms with Crippen molar-refractivity contribution in [2.75, 3.05) is 46.4 Å². The number of ether oxygens (including phenoxy) is 1. The molecule has 0 radical (unpaired) electrons. The molecule has 0 bridgehead atoms. The Labute approximate surface area is 110 Å². The van der Waals surface area contributed by atoms with Gasteiger partial charge in [-0.2, -0.15) is 0 Å². The molecule has 0 aliphatic carbocycles. The van der Waals surface area contributed by atoms with Crippen molar-refractivity contribution in [3.05, 3.63) is 0 Å². The van der Waals surface area contributed by atoms with E-state index >= 15 is 0 Å². The molecule has 18 heavy (non-hydrogen) atoms. The molecule has 0 aromatic heterocycles. The van der Waals surface area contributed by atoms with Gasteiger partial charge in [-0.15, -0.1) is 0 Å². The second-order valence-electron chi connectivity index (χ2n) is 5.81. The van der Waals surface area contributed by atoms with Gasteiger partial charge in [0, 0.05) is 52.4 Å². The molecule has 2 aliphatic heterocycles. The largest absolute Gasteiger partial charge is 0.379 e. The Hall–Kier alpha value is -0.650. The number of rotatable bonds is 2. The second-order valence-corrected chi connectivity index (χ2v) is 5.81. The molecule has 0 spiro atoms. The fourth-order valence-corrected chi connectivity index (χ4v) is 1.74. The molecule has 0 aromatic rings. The van der Waals surface area contributed by atoms with Crippen molar-refractivity contribution in [2.24, 2.45) is 0 Å². The monoisotopic (exact) mass is 257 g/mol. The van der Waals surface area contributed by atoms with Crippen LogP contribution in [0.15, 0.2) is 0 Å². The van der Waals surface area contributed by atoms with Gasteiger partial charge in [0.05, 0.1) is 5.60 Å². The Morgan fingerprint density at radius 1 is 1.17 bits per heavy atom. The molecule has 0 saturated carbocycles. The van der Waals surface area contributed by atoms with Gasteiger partial charge >= 0.3 is 0 Å². The topological polar surface area (TPSA) is 44.8 Å². The number of hydrogen-bond acceptors (Lipinski definition) is 4. The quantitative estimate of drug-likeness (QED) is 0.716. The van der Waals surface area contributed by atoms with Crippen LogP contribution in [0.25, 0.3) is 0 Å². The standard InChI is InChI=1S/C8H15N3O.C5H12O/c12-7-10-1-3-11(4-2-10)8-5-9-6-8;1-5(2,3)6-4/h7-9H,1-6H2;1-4H3. The van der Waals surface area contributed by atoms with E-state index in [0.29, 0.717) is 0 Å². The second kappa shape index (κ2) is 7.07. The number of amides is 1. The van der Waals surface area contributed by atoms with E-state index in [1.165, 1.54) is 0 Å². The van der Waals surface area contributed by atoms with E-state index in [4.69, 9.17) is 4.74 Å². The van der Waals surface area contributed by atoms with Crippen LogP contribution in [0.1, 0.15) is 20.8 Å². The van der Waals surface area contributed by atoms with Crippen molar-refractivity contribution in [3.63, 3.8) is 0 Å². The maximum absolute atomic E-state index is 10.4. The van der Waals surface area contributed by atoms with Crippen LogP contribution in [-0.4, -0.2) is 74.2 Å². The molecule has 0 unspecified atom stereocenters. The predicted molar refractivity (Wildman–Crippen MR) is 72.6 cm³/mol. The predicted octanol–water partition coefficient (Wildman–Crippen LogP) is 0.164. The number of nitrogens with zero attached hydrogens (tertiary/aromatic N) is 2. The summed E-state index contributed by atoms with van der Waals surface area (Å²) in [7, 11) is 1.71. The van der Waals surface area contributed by atoms with Crippen LogP contribution in [-0.2, 0) is 9.53 Å². The highest BCUT2D eigenvalue weighted by Gasteiger charge is 2.26.